The van der Waals surface area contributed by atoms with Gasteiger partial charge in [0.1, 0.15) is 5.82 Å². The monoisotopic (exact) mass is 334 g/mol. The molecule has 0 spiro atoms. The van der Waals surface area contributed by atoms with Crippen molar-refractivity contribution in [3.8, 4) is 11.5 Å². The first-order valence-electron chi connectivity index (χ1n) is 6.44. The van der Waals surface area contributed by atoms with Crippen molar-refractivity contribution >= 4 is 28.9 Å². The van der Waals surface area contributed by atoms with Gasteiger partial charge in [-0.1, -0.05) is 11.8 Å². The second-order valence-electron chi connectivity index (χ2n) is 4.50. The Kier molecular flexibility index (Phi) is 4.35. The van der Waals surface area contributed by atoms with Gasteiger partial charge in [0.15, 0.2) is 5.78 Å². The van der Waals surface area contributed by atoms with E-state index >= 15 is 0 Å². The van der Waals surface area contributed by atoms with Crippen molar-refractivity contribution in [2.45, 2.75) is 12.1 Å². The number of carbonyl (C=O) groups is 1. The van der Waals surface area contributed by atoms with Crippen LogP contribution in [0.25, 0.3) is 11.5 Å². The van der Waals surface area contributed by atoms with Gasteiger partial charge in [0, 0.05) is 10.4 Å². The van der Waals surface area contributed by atoms with Gasteiger partial charge in [-0.2, -0.15) is 0 Å². The second-order valence-corrected chi connectivity index (χ2v) is 6.72. The molecule has 22 heavy (non-hydrogen) atoms. The van der Waals surface area contributed by atoms with E-state index < -0.39 is 0 Å². The van der Waals surface area contributed by atoms with E-state index in [2.05, 4.69) is 10.2 Å². The number of thioether (sulfide) groups is 1. The smallest absolute Gasteiger partial charge is 0.277 e. The van der Waals surface area contributed by atoms with Gasteiger partial charge in [-0.3, -0.25) is 4.79 Å². The summed E-state index contributed by atoms with van der Waals surface area (Å²) in [4.78, 5) is 13.8. The van der Waals surface area contributed by atoms with Crippen LogP contribution in [0.2, 0.25) is 0 Å². The lowest BCUT2D eigenvalue weighted by molar-refractivity contribution is 0.102. The third-order valence-corrected chi connectivity index (χ3v) is 4.70. The predicted molar refractivity (Wildman–Crippen MR) is 83.8 cm³/mol. The highest BCUT2D eigenvalue weighted by molar-refractivity contribution is 7.99. The van der Waals surface area contributed by atoms with Gasteiger partial charge < -0.3 is 4.42 Å². The van der Waals surface area contributed by atoms with E-state index in [1.54, 1.807) is 12.1 Å². The fraction of sp³-hybridized carbons (Fsp3) is 0.133. The Morgan fingerprint density at radius 2 is 2.00 bits per heavy atom. The molecule has 0 radical (unpaired) electrons. The third kappa shape index (κ3) is 3.42. The van der Waals surface area contributed by atoms with Crippen LogP contribution in [0.15, 0.2) is 46.0 Å². The average molecular weight is 334 g/mol. The zero-order valence-electron chi connectivity index (χ0n) is 11.6. The molecular weight excluding hydrogens is 323 g/mol. The van der Waals surface area contributed by atoms with Crippen LogP contribution in [-0.2, 0) is 0 Å². The zero-order valence-corrected chi connectivity index (χ0v) is 13.2. The Balaban J connectivity index is 1.64. The molecule has 3 rings (SSSR count). The molecule has 0 saturated carbocycles. The number of halogens is 1. The predicted octanol–water partition coefficient (Wildman–Crippen LogP) is 4.22. The van der Waals surface area contributed by atoms with Gasteiger partial charge >= 0.3 is 0 Å². The number of thiophene rings is 1. The van der Waals surface area contributed by atoms with Gasteiger partial charge in [0.25, 0.3) is 5.22 Å². The molecule has 0 bridgehead atoms. The molecule has 0 aliphatic rings. The molecule has 1 aromatic carbocycles. The molecule has 0 amide bonds. The minimum absolute atomic E-state index is 0.0321. The molecule has 0 fully saturated rings. The van der Waals surface area contributed by atoms with E-state index in [4.69, 9.17) is 4.42 Å². The van der Waals surface area contributed by atoms with Gasteiger partial charge in [-0.25, -0.2) is 4.39 Å². The minimum atomic E-state index is -0.324. The first-order valence-corrected chi connectivity index (χ1v) is 8.24. The Morgan fingerprint density at radius 1 is 1.23 bits per heavy atom. The lowest BCUT2D eigenvalue weighted by Crippen LogP contribution is -1.99. The number of aryl methyl sites for hydroxylation is 1. The quantitative estimate of drug-likeness (QED) is 0.516. The Hall–Kier alpha value is -1.99. The minimum Gasteiger partial charge on any atom is -0.411 e. The Morgan fingerprint density at radius 3 is 2.68 bits per heavy atom. The average Bonchev–Trinajstić information content (AvgIpc) is 3.15. The SMILES string of the molecule is Cc1ccc(C(=O)CSc2nnc(-c3ccc(F)cc3)o2)s1. The van der Waals surface area contributed by atoms with Crippen LogP contribution in [-0.4, -0.2) is 21.7 Å². The van der Waals surface area contributed by atoms with Crippen LogP contribution in [0.5, 0.6) is 0 Å². The van der Waals surface area contributed by atoms with Gasteiger partial charge in [-0.05, 0) is 43.3 Å². The number of Topliss-reactive ketones (excluding diaryl/α,β-unsaturated/α-hetero) is 1. The second kappa shape index (κ2) is 6.41. The maximum Gasteiger partial charge on any atom is 0.277 e. The van der Waals surface area contributed by atoms with Crippen molar-refractivity contribution in [1.82, 2.24) is 10.2 Å². The summed E-state index contributed by atoms with van der Waals surface area (Å²) in [7, 11) is 0. The first-order chi connectivity index (χ1) is 10.6. The number of rotatable bonds is 5. The number of nitrogens with zero attached hydrogens (tertiary/aromatic N) is 2. The van der Waals surface area contributed by atoms with E-state index in [-0.39, 0.29) is 17.4 Å². The highest BCUT2D eigenvalue weighted by Gasteiger charge is 2.13. The lowest BCUT2D eigenvalue weighted by atomic mass is 10.2. The third-order valence-electron chi connectivity index (χ3n) is 2.84. The van der Waals surface area contributed by atoms with E-state index in [1.807, 2.05) is 19.1 Å². The number of hydrogen-bond donors (Lipinski definition) is 0. The standard InChI is InChI=1S/C15H11FN2O2S2/c1-9-2-7-13(22-9)12(19)8-21-15-18-17-14(20-15)10-3-5-11(16)6-4-10/h2-7H,8H2,1H3. The van der Waals surface area contributed by atoms with E-state index in [0.29, 0.717) is 16.7 Å². The molecule has 0 N–H and O–H groups in total. The van der Waals surface area contributed by atoms with Gasteiger partial charge in [0.2, 0.25) is 5.89 Å². The lowest BCUT2D eigenvalue weighted by Gasteiger charge is -1.95. The summed E-state index contributed by atoms with van der Waals surface area (Å²) in [6, 6.07) is 9.53. The van der Waals surface area contributed by atoms with Crippen LogP contribution in [0.3, 0.4) is 0 Å². The number of benzene rings is 1. The Bertz CT molecular complexity index is 796. The molecule has 7 heteroatoms. The number of hydrogen-bond acceptors (Lipinski definition) is 6. The molecule has 2 aromatic heterocycles. The van der Waals surface area contributed by atoms with Crippen molar-refractivity contribution in [3.63, 3.8) is 0 Å². The van der Waals surface area contributed by atoms with Gasteiger partial charge in [0.05, 0.1) is 10.6 Å². The van der Waals surface area contributed by atoms with Crippen molar-refractivity contribution < 1.29 is 13.6 Å². The topological polar surface area (TPSA) is 56.0 Å². The maximum absolute atomic E-state index is 12.9. The van der Waals surface area contributed by atoms with Crippen molar-refractivity contribution in [2.75, 3.05) is 5.75 Å². The van der Waals surface area contributed by atoms with Crippen LogP contribution in [0, 0.1) is 12.7 Å². The molecule has 0 saturated heterocycles. The number of ketones is 1. The van der Waals surface area contributed by atoms with Crippen LogP contribution in [0.4, 0.5) is 4.39 Å². The van der Waals surface area contributed by atoms with E-state index in [9.17, 15) is 9.18 Å². The largest absolute Gasteiger partial charge is 0.411 e. The fourth-order valence-corrected chi connectivity index (χ4v) is 3.30. The van der Waals surface area contributed by atoms with Crippen LogP contribution >= 0.6 is 23.1 Å². The molecular formula is C15H11FN2O2S2. The zero-order chi connectivity index (χ0) is 15.5. The fourth-order valence-electron chi connectivity index (χ4n) is 1.76. The summed E-state index contributed by atoms with van der Waals surface area (Å²) < 4.78 is 18.3. The van der Waals surface area contributed by atoms with Crippen LogP contribution < -0.4 is 0 Å². The summed E-state index contributed by atoms with van der Waals surface area (Å²) in [5, 5.41) is 8.11. The van der Waals surface area contributed by atoms with Crippen molar-refractivity contribution in [2.24, 2.45) is 0 Å². The van der Waals surface area contributed by atoms with Crippen molar-refractivity contribution in [1.29, 1.82) is 0 Å². The van der Waals surface area contributed by atoms with Crippen LogP contribution in [0.1, 0.15) is 14.5 Å². The highest BCUT2D eigenvalue weighted by Crippen LogP contribution is 2.25. The molecule has 3 aromatic rings. The highest BCUT2D eigenvalue weighted by atomic mass is 32.2. The van der Waals surface area contributed by atoms with E-state index in [0.717, 1.165) is 9.75 Å². The summed E-state index contributed by atoms with van der Waals surface area (Å²) in [5.74, 6) is 0.256. The molecule has 0 unspecified atom stereocenters. The molecule has 2 heterocycles. The molecule has 4 nitrogen and oxygen atoms in total. The Labute approximate surface area is 134 Å². The molecule has 112 valence electrons. The van der Waals surface area contributed by atoms with Crippen molar-refractivity contribution in [3.05, 3.63) is 52.0 Å². The van der Waals surface area contributed by atoms with E-state index in [1.165, 1.54) is 35.2 Å². The maximum atomic E-state index is 12.9. The number of carbonyl (C=O) groups excluding carboxylic acids is 1. The summed E-state index contributed by atoms with van der Waals surface area (Å²) >= 11 is 2.66. The molecule has 0 aliphatic carbocycles. The van der Waals surface area contributed by atoms with Gasteiger partial charge in [-0.15, -0.1) is 21.5 Å². The summed E-state index contributed by atoms with van der Waals surface area (Å²) in [6.45, 7) is 1.96. The molecule has 0 atom stereocenters. The molecule has 0 aliphatic heterocycles. The normalized spacial score (nSPS) is 10.8. The summed E-state index contributed by atoms with van der Waals surface area (Å²) in [5.41, 5.74) is 0.640. The number of aromatic nitrogens is 2. The summed E-state index contributed by atoms with van der Waals surface area (Å²) in [6.07, 6.45) is 0. The first kappa shape index (κ1) is 14.9.